The first-order valence-electron chi connectivity index (χ1n) is 6.82. The zero-order chi connectivity index (χ0) is 16.6. The topological polar surface area (TPSA) is 58.2 Å². The number of hydrogen-bond acceptors (Lipinski definition) is 3. The molecule has 7 heteroatoms. The fourth-order valence-corrected chi connectivity index (χ4v) is 3.07. The van der Waals surface area contributed by atoms with Gasteiger partial charge in [-0.2, -0.15) is 0 Å². The van der Waals surface area contributed by atoms with Gasteiger partial charge in [0.05, 0.1) is 16.6 Å². The molecule has 118 valence electrons. The minimum absolute atomic E-state index is 0.110. The van der Waals surface area contributed by atoms with Crippen molar-refractivity contribution in [1.29, 1.82) is 0 Å². The second-order valence-electron chi connectivity index (χ2n) is 5.04. The summed E-state index contributed by atoms with van der Waals surface area (Å²) in [5, 5.41) is 4.91. The molecule has 2 N–H and O–H groups in total. The normalized spacial score (nSPS) is 16.5. The van der Waals surface area contributed by atoms with Crippen LogP contribution in [0.3, 0.4) is 0 Å². The van der Waals surface area contributed by atoms with Crippen molar-refractivity contribution in [2.45, 2.75) is 17.1 Å². The highest BCUT2D eigenvalue weighted by Gasteiger charge is 2.23. The summed E-state index contributed by atoms with van der Waals surface area (Å²) in [5.74, 6) is -2.25. The second-order valence-corrected chi connectivity index (χ2v) is 6.42. The van der Waals surface area contributed by atoms with E-state index in [1.165, 1.54) is 17.8 Å². The number of carbonyl (C=O) groups is 2. The minimum atomic E-state index is -0.853. The predicted molar refractivity (Wildman–Crippen MR) is 84.7 cm³/mol. The molecule has 1 aliphatic rings. The molecule has 0 unspecified atom stereocenters. The predicted octanol–water partition coefficient (Wildman–Crippen LogP) is 3.65. The Balaban J connectivity index is 1.83. The SMILES string of the molecule is C[C@H]1Sc2ccc(C(=O)Nc3ccc(F)cc3F)cc2NC1=O. The standard InChI is InChI=1S/C16H12F2N2O2S/c1-8-15(21)20-13-6-9(2-5-14(13)23-8)16(22)19-12-4-3-10(17)7-11(12)18/h2-8H,1H3,(H,19,22)(H,20,21)/t8-/m1/s1. The van der Waals surface area contributed by atoms with Gasteiger partial charge in [-0.1, -0.05) is 0 Å². The van der Waals surface area contributed by atoms with E-state index in [2.05, 4.69) is 10.6 Å². The molecule has 0 aliphatic carbocycles. The number of nitrogens with one attached hydrogen (secondary N) is 2. The Morgan fingerprint density at radius 3 is 2.74 bits per heavy atom. The monoisotopic (exact) mass is 334 g/mol. The fraction of sp³-hybridized carbons (Fsp3) is 0.125. The summed E-state index contributed by atoms with van der Waals surface area (Å²) in [6, 6.07) is 7.76. The quantitative estimate of drug-likeness (QED) is 0.881. The van der Waals surface area contributed by atoms with Gasteiger partial charge in [0.2, 0.25) is 5.91 Å². The van der Waals surface area contributed by atoms with Crippen LogP contribution in [0.5, 0.6) is 0 Å². The van der Waals surface area contributed by atoms with Gasteiger partial charge in [-0.15, -0.1) is 11.8 Å². The van der Waals surface area contributed by atoms with Crippen molar-refractivity contribution in [3.63, 3.8) is 0 Å². The first-order valence-corrected chi connectivity index (χ1v) is 7.70. The molecular formula is C16H12F2N2O2S. The van der Waals surface area contributed by atoms with Crippen LogP contribution in [-0.2, 0) is 4.79 Å². The van der Waals surface area contributed by atoms with Gasteiger partial charge in [0.1, 0.15) is 11.6 Å². The van der Waals surface area contributed by atoms with Crippen LogP contribution in [0.4, 0.5) is 20.2 Å². The van der Waals surface area contributed by atoms with Gasteiger partial charge >= 0.3 is 0 Å². The van der Waals surface area contributed by atoms with Gasteiger partial charge in [-0.3, -0.25) is 9.59 Å². The van der Waals surface area contributed by atoms with Crippen LogP contribution in [0.15, 0.2) is 41.3 Å². The van der Waals surface area contributed by atoms with Crippen molar-refractivity contribution < 1.29 is 18.4 Å². The van der Waals surface area contributed by atoms with Crippen LogP contribution in [0.25, 0.3) is 0 Å². The molecule has 1 atom stereocenters. The summed E-state index contributed by atoms with van der Waals surface area (Å²) in [4.78, 5) is 24.7. The summed E-state index contributed by atoms with van der Waals surface area (Å²) in [6.07, 6.45) is 0. The Morgan fingerprint density at radius 1 is 1.22 bits per heavy atom. The molecule has 2 aromatic rings. The highest BCUT2D eigenvalue weighted by atomic mass is 32.2. The van der Waals surface area contributed by atoms with Gasteiger partial charge < -0.3 is 10.6 Å². The van der Waals surface area contributed by atoms with E-state index in [0.717, 1.165) is 17.0 Å². The van der Waals surface area contributed by atoms with E-state index < -0.39 is 17.5 Å². The lowest BCUT2D eigenvalue weighted by Gasteiger charge is -2.21. The van der Waals surface area contributed by atoms with Crippen LogP contribution < -0.4 is 10.6 Å². The third-order valence-electron chi connectivity index (χ3n) is 3.35. The number of amides is 2. The molecule has 4 nitrogen and oxygen atoms in total. The average molecular weight is 334 g/mol. The van der Waals surface area contributed by atoms with Gasteiger partial charge in [0, 0.05) is 16.5 Å². The molecule has 1 heterocycles. The zero-order valence-electron chi connectivity index (χ0n) is 12.0. The lowest BCUT2D eigenvalue weighted by molar-refractivity contribution is -0.115. The summed E-state index contributed by atoms with van der Waals surface area (Å²) in [5.41, 5.74) is 0.703. The highest BCUT2D eigenvalue weighted by Crippen LogP contribution is 2.36. The van der Waals surface area contributed by atoms with Gasteiger partial charge in [0.25, 0.3) is 5.91 Å². The van der Waals surface area contributed by atoms with Gasteiger partial charge in [-0.05, 0) is 37.3 Å². The minimum Gasteiger partial charge on any atom is -0.324 e. The number of halogens is 2. The number of rotatable bonds is 2. The molecule has 0 saturated carbocycles. The average Bonchev–Trinajstić information content (AvgIpc) is 2.50. The van der Waals surface area contributed by atoms with Crippen LogP contribution in [0.2, 0.25) is 0 Å². The molecule has 0 fully saturated rings. The molecule has 0 aromatic heterocycles. The van der Waals surface area contributed by atoms with Gasteiger partial charge in [-0.25, -0.2) is 8.78 Å². The molecular weight excluding hydrogens is 322 g/mol. The number of fused-ring (bicyclic) bond motifs is 1. The van der Waals surface area contributed by atoms with Crippen LogP contribution >= 0.6 is 11.8 Å². The van der Waals surface area contributed by atoms with E-state index in [-0.39, 0.29) is 22.4 Å². The second kappa shape index (κ2) is 6.00. The van der Waals surface area contributed by atoms with Crippen molar-refractivity contribution >= 4 is 35.0 Å². The highest BCUT2D eigenvalue weighted by molar-refractivity contribution is 8.00. The maximum atomic E-state index is 13.6. The van der Waals surface area contributed by atoms with Crippen molar-refractivity contribution in [3.8, 4) is 0 Å². The Kier molecular flexibility index (Phi) is 4.04. The van der Waals surface area contributed by atoms with Crippen molar-refractivity contribution in [2.75, 3.05) is 10.6 Å². The Bertz CT molecular complexity index is 811. The summed E-state index contributed by atoms with van der Waals surface area (Å²) >= 11 is 1.40. The third kappa shape index (κ3) is 3.19. The summed E-state index contributed by atoms with van der Waals surface area (Å²) in [7, 11) is 0. The van der Waals surface area contributed by atoms with Crippen LogP contribution in [0, 0.1) is 11.6 Å². The smallest absolute Gasteiger partial charge is 0.255 e. The Labute approximate surface area is 135 Å². The largest absolute Gasteiger partial charge is 0.324 e. The molecule has 2 aromatic carbocycles. The molecule has 0 radical (unpaired) electrons. The van der Waals surface area contributed by atoms with E-state index in [0.29, 0.717) is 11.8 Å². The third-order valence-corrected chi connectivity index (χ3v) is 4.53. The number of benzene rings is 2. The lowest BCUT2D eigenvalue weighted by Crippen LogP contribution is -2.26. The Morgan fingerprint density at radius 2 is 2.00 bits per heavy atom. The lowest BCUT2D eigenvalue weighted by atomic mass is 10.1. The van der Waals surface area contributed by atoms with E-state index in [1.807, 2.05) is 0 Å². The molecule has 0 spiro atoms. The van der Waals surface area contributed by atoms with E-state index >= 15 is 0 Å². The molecule has 1 aliphatic heterocycles. The number of hydrogen-bond donors (Lipinski definition) is 2. The van der Waals surface area contributed by atoms with E-state index in [4.69, 9.17) is 0 Å². The van der Waals surface area contributed by atoms with Gasteiger partial charge in [0.15, 0.2) is 0 Å². The van der Waals surface area contributed by atoms with Crippen LogP contribution in [0.1, 0.15) is 17.3 Å². The van der Waals surface area contributed by atoms with Crippen molar-refractivity contribution in [3.05, 3.63) is 53.6 Å². The molecule has 2 amide bonds. The molecule has 0 saturated heterocycles. The first-order chi connectivity index (χ1) is 10.9. The van der Waals surface area contributed by atoms with Crippen molar-refractivity contribution in [1.82, 2.24) is 0 Å². The summed E-state index contributed by atoms with van der Waals surface area (Å²) in [6.45, 7) is 1.79. The number of thioether (sulfide) groups is 1. The molecule has 3 rings (SSSR count). The summed E-state index contributed by atoms with van der Waals surface area (Å²) < 4.78 is 26.4. The zero-order valence-corrected chi connectivity index (χ0v) is 12.8. The maximum absolute atomic E-state index is 13.6. The maximum Gasteiger partial charge on any atom is 0.255 e. The number of carbonyl (C=O) groups excluding carboxylic acids is 2. The Hall–Kier alpha value is -2.41. The van der Waals surface area contributed by atoms with Crippen molar-refractivity contribution in [2.24, 2.45) is 0 Å². The first kappa shape index (κ1) is 15.5. The van der Waals surface area contributed by atoms with E-state index in [9.17, 15) is 18.4 Å². The molecule has 0 bridgehead atoms. The fourth-order valence-electron chi connectivity index (χ4n) is 2.14. The number of anilines is 2. The molecule has 23 heavy (non-hydrogen) atoms. The van der Waals surface area contributed by atoms with Crippen LogP contribution in [-0.4, -0.2) is 17.1 Å². The van der Waals surface area contributed by atoms with E-state index in [1.54, 1.807) is 19.1 Å².